The molecule has 1 aliphatic heterocycles. The largest absolute Gasteiger partial charge is 0.493 e. The van der Waals surface area contributed by atoms with Crippen LogP contribution in [-0.2, 0) is 4.79 Å². The van der Waals surface area contributed by atoms with E-state index < -0.39 is 0 Å². The summed E-state index contributed by atoms with van der Waals surface area (Å²) < 4.78 is 10.7. The third kappa shape index (κ3) is 3.89. The fourth-order valence-corrected chi connectivity index (χ4v) is 3.19. The van der Waals surface area contributed by atoms with Gasteiger partial charge in [0.2, 0.25) is 11.9 Å². The van der Waals surface area contributed by atoms with Crippen molar-refractivity contribution in [2.45, 2.75) is 13.3 Å². The molecule has 1 aliphatic rings. The van der Waals surface area contributed by atoms with Gasteiger partial charge in [-0.05, 0) is 25.5 Å². The molecule has 2 N–H and O–H groups in total. The van der Waals surface area contributed by atoms with E-state index in [4.69, 9.17) is 15.2 Å². The van der Waals surface area contributed by atoms with Crippen LogP contribution < -0.4 is 20.1 Å². The fourth-order valence-electron chi connectivity index (χ4n) is 3.19. The third-order valence-electron chi connectivity index (χ3n) is 4.62. The number of nitrogen functional groups attached to an aromatic ring is 1. The summed E-state index contributed by atoms with van der Waals surface area (Å²) >= 11 is 0. The van der Waals surface area contributed by atoms with Crippen LogP contribution in [-0.4, -0.2) is 61.2 Å². The summed E-state index contributed by atoms with van der Waals surface area (Å²) in [6, 6.07) is 3.59. The maximum absolute atomic E-state index is 12.1. The molecule has 0 unspecified atom stereocenters. The van der Waals surface area contributed by atoms with Crippen molar-refractivity contribution in [1.29, 1.82) is 0 Å². The van der Waals surface area contributed by atoms with Crippen LogP contribution in [0.4, 0.5) is 11.8 Å². The summed E-state index contributed by atoms with van der Waals surface area (Å²) in [6.07, 6.45) is 4.20. The van der Waals surface area contributed by atoms with Crippen LogP contribution in [0, 0.1) is 0 Å². The smallest absolute Gasteiger partial charge is 0.246 e. The number of carbonyl (C=O) groups is 1. The highest BCUT2D eigenvalue weighted by atomic mass is 16.5. The highest BCUT2D eigenvalue weighted by molar-refractivity contribution is 5.92. The van der Waals surface area contributed by atoms with Crippen LogP contribution in [0.15, 0.2) is 24.3 Å². The molecule has 0 radical (unpaired) electrons. The van der Waals surface area contributed by atoms with Crippen LogP contribution in [0.2, 0.25) is 0 Å². The number of anilines is 2. The second-order valence-corrected chi connectivity index (χ2v) is 6.30. The molecule has 1 saturated heterocycles. The predicted octanol–water partition coefficient (Wildman–Crippen LogP) is 1.84. The van der Waals surface area contributed by atoms with Gasteiger partial charge < -0.3 is 25.0 Å². The van der Waals surface area contributed by atoms with Gasteiger partial charge in [-0.2, -0.15) is 4.98 Å². The van der Waals surface area contributed by atoms with Crippen molar-refractivity contribution < 1.29 is 14.3 Å². The van der Waals surface area contributed by atoms with Gasteiger partial charge in [0.1, 0.15) is 5.82 Å². The fraction of sp³-hybridized carbons (Fsp3) is 0.421. The van der Waals surface area contributed by atoms with Gasteiger partial charge in [0, 0.05) is 37.6 Å². The van der Waals surface area contributed by atoms with Crippen LogP contribution in [0.1, 0.15) is 13.3 Å². The number of ether oxygens (including phenoxy) is 2. The van der Waals surface area contributed by atoms with E-state index in [0.29, 0.717) is 48.4 Å². The Labute approximate surface area is 158 Å². The lowest BCUT2D eigenvalue weighted by Crippen LogP contribution is -2.34. The Bertz CT molecular complexity index is 868. The van der Waals surface area contributed by atoms with Gasteiger partial charge in [-0.15, -0.1) is 0 Å². The SMILES string of the molecule is CC=CC(=O)N1CCCN(c2nc(N)c3cc(OC)c(OC)cc3n2)CC1. The Morgan fingerprint density at radius 1 is 1.11 bits per heavy atom. The Kier molecular flexibility index (Phi) is 5.63. The Morgan fingerprint density at radius 2 is 1.85 bits per heavy atom. The van der Waals surface area contributed by atoms with E-state index in [1.54, 1.807) is 38.5 Å². The lowest BCUT2D eigenvalue weighted by atomic mass is 10.2. The first-order valence-electron chi connectivity index (χ1n) is 8.93. The van der Waals surface area contributed by atoms with Crippen molar-refractivity contribution in [2.24, 2.45) is 0 Å². The summed E-state index contributed by atoms with van der Waals surface area (Å²) in [5.41, 5.74) is 6.88. The van der Waals surface area contributed by atoms with Crippen molar-refractivity contribution in [3.05, 3.63) is 24.3 Å². The van der Waals surface area contributed by atoms with E-state index >= 15 is 0 Å². The van der Waals surface area contributed by atoms with Crippen molar-refractivity contribution in [2.75, 3.05) is 51.0 Å². The first-order chi connectivity index (χ1) is 13.1. The molecule has 1 aromatic heterocycles. The number of nitrogens with zero attached hydrogens (tertiary/aromatic N) is 4. The van der Waals surface area contributed by atoms with E-state index in [1.807, 2.05) is 11.8 Å². The molecule has 0 atom stereocenters. The maximum Gasteiger partial charge on any atom is 0.246 e. The molecule has 0 aliphatic carbocycles. The monoisotopic (exact) mass is 371 g/mol. The molecule has 0 spiro atoms. The van der Waals surface area contributed by atoms with Crippen LogP contribution in [0.25, 0.3) is 10.9 Å². The minimum absolute atomic E-state index is 0.0372. The van der Waals surface area contributed by atoms with E-state index in [-0.39, 0.29) is 5.91 Å². The zero-order valence-corrected chi connectivity index (χ0v) is 15.9. The molecule has 0 saturated carbocycles. The van der Waals surface area contributed by atoms with Gasteiger partial charge in [-0.1, -0.05) is 6.08 Å². The van der Waals surface area contributed by atoms with Gasteiger partial charge in [0.25, 0.3) is 0 Å². The van der Waals surface area contributed by atoms with Crippen LogP contribution >= 0.6 is 0 Å². The molecule has 1 amide bonds. The minimum atomic E-state index is 0.0372. The first kappa shape index (κ1) is 18.8. The van der Waals surface area contributed by atoms with Crippen LogP contribution in [0.3, 0.4) is 0 Å². The molecule has 0 bridgehead atoms. The van der Waals surface area contributed by atoms with Gasteiger partial charge in [-0.25, -0.2) is 4.98 Å². The number of methoxy groups -OCH3 is 2. The van der Waals surface area contributed by atoms with Gasteiger partial charge in [0.05, 0.1) is 19.7 Å². The average molecular weight is 371 g/mol. The van der Waals surface area contributed by atoms with E-state index in [1.165, 1.54) is 0 Å². The standard InChI is InChI=1S/C19H25N5O3/c1-4-6-17(25)23-7-5-8-24(10-9-23)19-21-14-12-16(27-3)15(26-2)11-13(14)18(20)22-19/h4,6,11-12H,5,7-10H2,1-3H3,(H2,20,21,22). The molecule has 8 nitrogen and oxygen atoms in total. The number of nitrogens with two attached hydrogens (primary N) is 1. The third-order valence-corrected chi connectivity index (χ3v) is 4.62. The molecule has 8 heteroatoms. The molecule has 3 rings (SSSR count). The lowest BCUT2D eigenvalue weighted by molar-refractivity contribution is -0.125. The number of rotatable bonds is 4. The molecule has 1 aromatic carbocycles. The quantitative estimate of drug-likeness (QED) is 0.820. The van der Waals surface area contributed by atoms with Crippen molar-refractivity contribution in [1.82, 2.24) is 14.9 Å². The van der Waals surface area contributed by atoms with Gasteiger partial charge in [-0.3, -0.25) is 4.79 Å². The summed E-state index contributed by atoms with van der Waals surface area (Å²) in [6.45, 7) is 4.60. The van der Waals surface area contributed by atoms with Crippen molar-refractivity contribution in [3.63, 3.8) is 0 Å². The van der Waals surface area contributed by atoms with E-state index in [2.05, 4.69) is 14.9 Å². The molecule has 2 heterocycles. The number of hydrogen-bond donors (Lipinski definition) is 1. The summed E-state index contributed by atoms with van der Waals surface area (Å²) in [5, 5.41) is 0.719. The summed E-state index contributed by atoms with van der Waals surface area (Å²) in [5.74, 6) is 2.17. The topological polar surface area (TPSA) is 93.8 Å². The van der Waals surface area contributed by atoms with Gasteiger partial charge >= 0.3 is 0 Å². The number of amides is 1. The normalized spacial score (nSPS) is 15.2. The molecule has 144 valence electrons. The predicted molar refractivity (Wildman–Crippen MR) is 105 cm³/mol. The van der Waals surface area contributed by atoms with E-state index in [0.717, 1.165) is 18.4 Å². The van der Waals surface area contributed by atoms with Crippen LogP contribution in [0.5, 0.6) is 11.5 Å². The second kappa shape index (κ2) is 8.11. The Morgan fingerprint density at radius 3 is 2.56 bits per heavy atom. The zero-order valence-electron chi connectivity index (χ0n) is 15.9. The average Bonchev–Trinajstić information content (AvgIpc) is 2.93. The number of benzene rings is 1. The highest BCUT2D eigenvalue weighted by Gasteiger charge is 2.20. The van der Waals surface area contributed by atoms with Crippen molar-refractivity contribution in [3.8, 4) is 11.5 Å². The van der Waals surface area contributed by atoms with Crippen molar-refractivity contribution >= 4 is 28.6 Å². The number of aromatic nitrogens is 2. The highest BCUT2D eigenvalue weighted by Crippen LogP contribution is 2.34. The number of fused-ring (bicyclic) bond motifs is 1. The number of hydrogen-bond acceptors (Lipinski definition) is 7. The summed E-state index contributed by atoms with van der Waals surface area (Å²) in [4.78, 5) is 25.2. The molecule has 2 aromatic rings. The number of allylic oxidation sites excluding steroid dienone is 1. The zero-order chi connectivity index (χ0) is 19.4. The molecule has 27 heavy (non-hydrogen) atoms. The first-order valence-corrected chi connectivity index (χ1v) is 8.93. The number of carbonyl (C=O) groups excluding carboxylic acids is 1. The van der Waals surface area contributed by atoms with E-state index in [9.17, 15) is 4.79 Å². The maximum atomic E-state index is 12.1. The molecular formula is C19H25N5O3. The van der Waals surface area contributed by atoms with Gasteiger partial charge in [0.15, 0.2) is 11.5 Å². The molecule has 1 fully saturated rings. The molecular weight excluding hydrogens is 346 g/mol. The Hall–Kier alpha value is -3.03. The second-order valence-electron chi connectivity index (χ2n) is 6.30. The minimum Gasteiger partial charge on any atom is -0.493 e. The lowest BCUT2D eigenvalue weighted by Gasteiger charge is -2.22. The Balaban J connectivity index is 1.89. The summed E-state index contributed by atoms with van der Waals surface area (Å²) in [7, 11) is 3.16.